The van der Waals surface area contributed by atoms with Crippen LogP contribution in [0.5, 0.6) is 0 Å². The summed E-state index contributed by atoms with van der Waals surface area (Å²) in [6, 6.07) is 1.47. The van der Waals surface area contributed by atoms with Gasteiger partial charge in [-0.3, -0.25) is 0 Å². The predicted octanol–water partition coefficient (Wildman–Crippen LogP) is 4.04. The molecule has 0 bridgehead atoms. The van der Waals surface area contributed by atoms with Crippen molar-refractivity contribution < 1.29 is 13.2 Å². The molecule has 0 aliphatic heterocycles. The zero-order chi connectivity index (χ0) is 14.5. The van der Waals surface area contributed by atoms with Crippen molar-refractivity contribution in [3.63, 3.8) is 0 Å². The smallest absolute Gasteiger partial charge is 0.356 e. The van der Waals surface area contributed by atoms with Crippen LogP contribution in [0.3, 0.4) is 0 Å². The van der Waals surface area contributed by atoms with Crippen LogP contribution in [-0.2, 0) is 5.41 Å². The highest BCUT2D eigenvalue weighted by molar-refractivity contribution is 9.10. The lowest BCUT2D eigenvalue weighted by atomic mass is 9.96. The molecule has 1 aliphatic rings. The maximum atomic E-state index is 12.9. The molecule has 0 spiro atoms. The predicted molar refractivity (Wildman–Crippen MR) is 70.1 cm³/mol. The summed E-state index contributed by atoms with van der Waals surface area (Å²) >= 11 is 3.21. The van der Waals surface area contributed by atoms with Crippen molar-refractivity contribution in [2.24, 2.45) is 0 Å². The van der Waals surface area contributed by atoms with Crippen LogP contribution in [0.15, 0.2) is 10.7 Å². The van der Waals surface area contributed by atoms with Crippen LogP contribution in [0.1, 0.15) is 39.4 Å². The lowest BCUT2D eigenvalue weighted by molar-refractivity contribution is -0.151. The van der Waals surface area contributed by atoms with Gasteiger partial charge in [-0.1, -0.05) is 20.8 Å². The molecule has 0 atom stereocenters. The van der Waals surface area contributed by atoms with Gasteiger partial charge in [0.1, 0.15) is 21.8 Å². The van der Waals surface area contributed by atoms with E-state index >= 15 is 0 Å². The van der Waals surface area contributed by atoms with Crippen LogP contribution < -0.4 is 5.32 Å². The molecule has 1 fully saturated rings. The van der Waals surface area contributed by atoms with Gasteiger partial charge in [0.25, 0.3) is 0 Å². The molecule has 106 valence electrons. The van der Waals surface area contributed by atoms with E-state index in [4.69, 9.17) is 0 Å². The molecule has 0 amide bonds. The second-order valence-electron chi connectivity index (χ2n) is 5.85. The second-order valence-corrected chi connectivity index (χ2v) is 6.67. The average Bonchev–Trinajstić information content (AvgIpc) is 2.95. The highest BCUT2D eigenvalue weighted by Crippen LogP contribution is 2.51. The van der Waals surface area contributed by atoms with Gasteiger partial charge in [-0.2, -0.15) is 13.2 Å². The Morgan fingerprint density at radius 1 is 1.21 bits per heavy atom. The van der Waals surface area contributed by atoms with Gasteiger partial charge in [0, 0.05) is 11.5 Å². The minimum absolute atomic E-state index is 0.0863. The van der Waals surface area contributed by atoms with E-state index < -0.39 is 11.7 Å². The van der Waals surface area contributed by atoms with Gasteiger partial charge in [-0.05, 0) is 28.8 Å². The SMILES string of the molecule is CC(C)(C)c1nc(Br)cc(NC2(C(F)(F)F)CC2)n1. The molecule has 0 unspecified atom stereocenters. The molecular weight excluding hydrogens is 323 g/mol. The Hall–Kier alpha value is -0.850. The molecule has 1 saturated carbocycles. The summed E-state index contributed by atoms with van der Waals surface area (Å²) in [4.78, 5) is 8.39. The van der Waals surface area contributed by atoms with E-state index in [1.807, 2.05) is 20.8 Å². The quantitative estimate of drug-likeness (QED) is 0.827. The van der Waals surface area contributed by atoms with Crippen molar-refractivity contribution in [3.05, 3.63) is 16.5 Å². The number of aromatic nitrogens is 2. The van der Waals surface area contributed by atoms with E-state index in [-0.39, 0.29) is 24.1 Å². The average molecular weight is 338 g/mol. The summed E-state index contributed by atoms with van der Waals surface area (Å²) < 4.78 is 39.2. The molecule has 0 saturated heterocycles. The maximum Gasteiger partial charge on any atom is 0.411 e. The molecule has 3 nitrogen and oxygen atoms in total. The monoisotopic (exact) mass is 337 g/mol. The third kappa shape index (κ3) is 3.01. The van der Waals surface area contributed by atoms with E-state index in [1.54, 1.807) is 0 Å². The van der Waals surface area contributed by atoms with Crippen molar-refractivity contribution in [2.75, 3.05) is 5.32 Å². The van der Waals surface area contributed by atoms with Crippen molar-refractivity contribution >= 4 is 21.7 Å². The second kappa shape index (κ2) is 4.33. The van der Waals surface area contributed by atoms with Gasteiger partial charge >= 0.3 is 6.18 Å². The Balaban J connectivity index is 2.30. The summed E-state index contributed by atoms with van der Waals surface area (Å²) in [6.45, 7) is 5.74. The first-order valence-electron chi connectivity index (χ1n) is 5.93. The van der Waals surface area contributed by atoms with Gasteiger partial charge < -0.3 is 5.32 Å². The molecule has 1 aromatic rings. The van der Waals surface area contributed by atoms with Crippen molar-refractivity contribution in [1.82, 2.24) is 9.97 Å². The molecule has 0 radical (unpaired) electrons. The van der Waals surface area contributed by atoms with Crippen LogP contribution in [0, 0.1) is 0 Å². The first kappa shape index (κ1) is 14.6. The standard InChI is InChI=1S/C12H15BrF3N3/c1-10(2,3)9-17-7(13)6-8(18-9)19-11(4-5-11)12(14,15)16/h6H,4-5H2,1-3H3,(H,17,18,19). The third-order valence-corrected chi connectivity index (χ3v) is 3.43. The van der Waals surface area contributed by atoms with Gasteiger partial charge in [0.2, 0.25) is 0 Å². The molecule has 1 aromatic heterocycles. The Bertz CT molecular complexity index is 490. The maximum absolute atomic E-state index is 12.9. The topological polar surface area (TPSA) is 37.8 Å². The van der Waals surface area contributed by atoms with Crippen LogP contribution in [0.4, 0.5) is 19.0 Å². The molecule has 1 N–H and O–H groups in total. The molecular formula is C12H15BrF3N3. The Morgan fingerprint density at radius 2 is 1.79 bits per heavy atom. The summed E-state index contributed by atoms with van der Waals surface area (Å²) in [7, 11) is 0. The number of alkyl halides is 3. The Morgan fingerprint density at radius 3 is 2.21 bits per heavy atom. The van der Waals surface area contributed by atoms with E-state index in [0.29, 0.717) is 10.4 Å². The Labute approximate surface area is 118 Å². The first-order valence-corrected chi connectivity index (χ1v) is 6.73. The lowest BCUT2D eigenvalue weighted by Gasteiger charge is -2.23. The molecule has 1 heterocycles. The highest BCUT2D eigenvalue weighted by Gasteiger charge is 2.63. The lowest BCUT2D eigenvalue weighted by Crippen LogP contribution is -2.39. The fourth-order valence-electron chi connectivity index (χ4n) is 1.67. The molecule has 19 heavy (non-hydrogen) atoms. The highest BCUT2D eigenvalue weighted by atomic mass is 79.9. The van der Waals surface area contributed by atoms with Crippen LogP contribution in [0.2, 0.25) is 0 Å². The number of halogens is 4. The fraction of sp³-hybridized carbons (Fsp3) is 0.667. The number of nitrogens with one attached hydrogen (secondary N) is 1. The number of nitrogens with zero attached hydrogens (tertiary/aromatic N) is 2. The van der Waals surface area contributed by atoms with E-state index in [0.717, 1.165) is 0 Å². The summed E-state index contributed by atoms with van der Waals surface area (Å²) in [5.74, 6) is 0.712. The van der Waals surface area contributed by atoms with Gasteiger partial charge in [0.15, 0.2) is 0 Å². The number of hydrogen-bond donors (Lipinski definition) is 1. The summed E-state index contributed by atoms with van der Waals surface area (Å²) in [6.07, 6.45) is -4.09. The zero-order valence-corrected chi connectivity index (χ0v) is 12.5. The minimum Gasteiger partial charge on any atom is -0.356 e. The van der Waals surface area contributed by atoms with Crippen molar-refractivity contribution in [2.45, 2.75) is 50.7 Å². The van der Waals surface area contributed by atoms with Crippen molar-refractivity contribution in [1.29, 1.82) is 0 Å². The third-order valence-electron chi connectivity index (χ3n) is 3.03. The summed E-state index contributed by atoms with van der Waals surface area (Å²) in [5.41, 5.74) is -2.13. The van der Waals surface area contributed by atoms with E-state index in [1.165, 1.54) is 6.07 Å². The minimum atomic E-state index is -4.26. The van der Waals surface area contributed by atoms with E-state index in [9.17, 15) is 13.2 Å². The summed E-state index contributed by atoms with van der Waals surface area (Å²) in [5, 5.41) is 2.52. The number of rotatable bonds is 2. The number of anilines is 1. The number of hydrogen-bond acceptors (Lipinski definition) is 3. The zero-order valence-electron chi connectivity index (χ0n) is 10.9. The van der Waals surface area contributed by atoms with Crippen LogP contribution >= 0.6 is 15.9 Å². The van der Waals surface area contributed by atoms with Gasteiger partial charge in [-0.25, -0.2) is 9.97 Å². The van der Waals surface area contributed by atoms with Gasteiger partial charge in [-0.15, -0.1) is 0 Å². The van der Waals surface area contributed by atoms with Gasteiger partial charge in [0.05, 0.1) is 0 Å². The molecule has 0 aromatic carbocycles. The van der Waals surface area contributed by atoms with Crippen molar-refractivity contribution in [3.8, 4) is 0 Å². The first-order chi connectivity index (χ1) is 8.53. The normalized spacial score (nSPS) is 18.3. The molecule has 2 rings (SSSR count). The van der Waals surface area contributed by atoms with Crippen LogP contribution in [-0.4, -0.2) is 21.7 Å². The van der Waals surface area contributed by atoms with Crippen LogP contribution in [0.25, 0.3) is 0 Å². The largest absolute Gasteiger partial charge is 0.411 e. The molecule has 1 aliphatic carbocycles. The Kier molecular flexibility index (Phi) is 3.32. The fourth-order valence-corrected chi connectivity index (χ4v) is 2.05. The van der Waals surface area contributed by atoms with E-state index in [2.05, 4.69) is 31.2 Å². The molecule has 7 heteroatoms.